The Kier molecular flexibility index (Phi) is 5.20. The lowest BCUT2D eigenvalue weighted by molar-refractivity contribution is -0.641. The van der Waals surface area contributed by atoms with Gasteiger partial charge in [-0.05, 0) is 36.6 Å². The number of phenolic OH excluding ortho intramolecular Hbond substituents is 1. The van der Waals surface area contributed by atoms with Crippen molar-refractivity contribution >= 4 is 21.7 Å². The SMILES string of the molecule is N[n+]1cccc(S(=O)(=O)N2CC(=O)C3C2CCN3C(=O)[CH]Cc2ccc(O)cc2)c1. The Labute approximate surface area is 174 Å². The standard InChI is InChI=1S/C20H21N4O5S/c21-22-10-1-2-16(12-22)30(28,29)24-13-18(26)20-17(24)9-11-23(20)19(27)8-5-14-3-6-15(25)7-4-14/h1-4,6-8,10,12,17,20H,5,9,11,13,21H2/p+1. The molecule has 1 aromatic heterocycles. The summed E-state index contributed by atoms with van der Waals surface area (Å²) in [7, 11) is -3.92. The average Bonchev–Trinajstić information content (AvgIpc) is 3.29. The molecule has 2 atom stereocenters. The highest BCUT2D eigenvalue weighted by atomic mass is 32.2. The minimum absolute atomic E-state index is 0.00428. The minimum atomic E-state index is -3.92. The van der Waals surface area contributed by atoms with Crippen molar-refractivity contribution in [3.8, 4) is 5.75 Å². The topological polar surface area (TPSA) is 125 Å². The van der Waals surface area contributed by atoms with E-state index < -0.39 is 22.1 Å². The van der Waals surface area contributed by atoms with Gasteiger partial charge >= 0.3 is 0 Å². The van der Waals surface area contributed by atoms with Crippen molar-refractivity contribution in [1.82, 2.24) is 9.21 Å². The molecule has 2 aliphatic rings. The summed E-state index contributed by atoms with van der Waals surface area (Å²) < 4.78 is 28.5. The van der Waals surface area contributed by atoms with Gasteiger partial charge in [-0.15, -0.1) is 0 Å². The fourth-order valence-electron chi connectivity index (χ4n) is 4.05. The molecule has 0 spiro atoms. The first-order valence-corrected chi connectivity index (χ1v) is 10.9. The Morgan fingerprint density at radius 3 is 2.70 bits per heavy atom. The van der Waals surface area contributed by atoms with Crippen LogP contribution in [0.1, 0.15) is 12.0 Å². The number of likely N-dealkylation sites (tertiary alicyclic amines) is 1. The molecule has 30 heavy (non-hydrogen) atoms. The molecule has 3 heterocycles. The number of nitrogens with zero attached hydrogens (tertiary/aromatic N) is 3. The number of nitrogens with two attached hydrogens (primary N) is 1. The summed E-state index contributed by atoms with van der Waals surface area (Å²) in [5.74, 6) is 5.19. The number of Topliss-reactive ketones (excluding diaryl/α,β-unsaturated/α-hetero) is 1. The summed E-state index contributed by atoms with van der Waals surface area (Å²) in [6.07, 6.45) is 5.02. The van der Waals surface area contributed by atoms with E-state index in [1.807, 2.05) is 0 Å². The number of fused-ring (bicyclic) bond motifs is 1. The number of aromatic nitrogens is 1. The number of sulfonamides is 1. The lowest BCUT2D eigenvalue weighted by Crippen LogP contribution is -2.46. The largest absolute Gasteiger partial charge is 0.508 e. The summed E-state index contributed by atoms with van der Waals surface area (Å²) in [4.78, 5) is 26.9. The van der Waals surface area contributed by atoms with E-state index in [0.29, 0.717) is 19.4 Å². The number of carbonyl (C=O) groups excluding carboxylic acids is 2. The second-order valence-electron chi connectivity index (χ2n) is 7.41. The predicted molar refractivity (Wildman–Crippen MR) is 106 cm³/mol. The molecule has 2 unspecified atom stereocenters. The maximum atomic E-state index is 13.1. The van der Waals surface area contributed by atoms with Gasteiger partial charge in [0.05, 0.1) is 19.0 Å². The van der Waals surface area contributed by atoms with Crippen molar-refractivity contribution in [1.29, 1.82) is 0 Å². The molecule has 157 valence electrons. The molecule has 2 aromatic rings. The highest BCUT2D eigenvalue weighted by Crippen LogP contribution is 2.34. The first-order valence-electron chi connectivity index (χ1n) is 9.50. The van der Waals surface area contributed by atoms with E-state index in [-0.39, 0.29) is 28.9 Å². The van der Waals surface area contributed by atoms with Gasteiger partial charge in [-0.25, -0.2) is 14.3 Å². The second-order valence-corrected chi connectivity index (χ2v) is 9.30. The number of nitrogen functional groups attached to an aromatic ring is 1. The number of phenols is 1. The molecule has 0 aliphatic carbocycles. The third kappa shape index (κ3) is 3.63. The number of amides is 1. The van der Waals surface area contributed by atoms with Crippen molar-refractivity contribution in [2.45, 2.75) is 29.8 Å². The molecule has 1 radical (unpaired) electrons. The molecule has 4 rings (SSSR count). The highest BCUT2D eigenvalue weighted by Gasteiger charge is 2.53. The van der Waals surface area contributed by atoms with E-state index in [0.717, 1.165) is 10.2 Å². The molecule has 2 saturated heterocycles. The van der Waals surface area contributed by atoms with E-state index in [1.165, 1.54) is 52.3 Å². The van der Waals surface area contributed by atoms with E-state index in [4.69, 9.17) is 5.84 Å². The molecule has 0 bridgehead atoms. The molecule has 1 amide bonds. The highest BCUT2D eigenvalue weighted by molar-refractivity contribution is 7.89. The normalized spacial score (nSPS) is 21.7. The molecular formula is C20H22N4O5S+. The number of aromatic hydroxyl groups is 1. The number of pyridine rings is 1. The van der Waals surface area contributed by atoms with Gasteiger partial charge in [-0.1, -0.05) is 16.8 Å². The van der Waals surface area contributed by atoms with Crippen LogP contribution in [-0.4, -0.2) is 59.6 Å². The molecule has 10 heteroatoms. The Balaban J connectivity index is 1.48. The first-order chi connectivity index (χ1) is 14.3. The lowest BCUT2D eigenvalue weighted by atomic mass is 10.1. The monoisotopic (exact) mass is 430 g/mol. The smallest absolute Gasteiger partial charge is 0.249 e. The van der Waals surface area contributed by atoms with Gasteiger partial charge in [0.15, 0.2) is 12.0 Å². The summed E-state index contributed by atoms with van der Waals surface area (Å²) in [5, 5.41) is 9.34. The van der Waals surface area contributed by atoms with E-state index >= 15 is 0 Å². The summed E-state index contributed by atoms with van der Waals surface area (Å²) in [5.41, 5.74) is 0.845. The number of carbonyl (C=O) groups is 2. The van der Waals surface area contributed by atoms with Gasteiger partial charge < -0.3 is 10.0 Å². The van der Waals surface area contributed by atoms with Crippen LogP contribution >= 0.6 is 0 Å². The number of hydrogen-bond acceptors (Lipinski definition) is 6. The molecule has 2 fully saturated rings. The molecule has 9 nitrogen and oxygen atoms in total. The van der Waals surface area contributed by atoms with Crippen LogP contribution in [0.2, 0.25) is 0 Å². The molecule has 0 saturated carbocycles. The van der Waals surface area contributed by atoms with Crippen LogP contribution in [-0.2, 0) is 26.0 Å². The van der Waals surface area contributed by atoms with Crippen LogP contribution in [0.15, 0.2) is 53.7 Å². The number of benzene rings is 1. The van der Waals surface area contributed by atoms with Crippen LogP contribution in [0.25, 0.3) is 0 Å². The first kappa shape index (κ1) is 20.3. The van der Waals surface area contributed by atoms with Gasteiger partial charge in [-0.3, -0.25) is 9.59 Å². The van der Waals surface area contributed by atoms with Crippen LogP contribution in [0, 0.1) is 6.42 Å². The zero-order valence-corrected chi connectivity index (χ0v) is 16.9. The maximum absolute atomic E-state index is 13.1. The Hall–Kier alpha value is -2.98. The molecule has 2 aliphatic heterocycles. The summed E-state index contributed by atoms with van der Waals surface area (Å²) in [6.45, 7) is 0.0442. The quantitative estimate of drug-likeness (QED) is 0.481. The lowest BCUT2D eigenvalue weighted by Gasteiger charge is -2.23. The van der Waals surface area contributed by atoms with Crippen molar-refractivity contribution < 1.29 is 27.8 Å². The minimum Gasteiger partial charge on any atom is -0.508 e. The van der Waals surface area contributed by atoms with E-state index in [1.54, 1.807) is 12.1 Å². The number of hydrogen-bond donors (Lipinski definition) is 2. The van der Waals surface area contributed by atoms with E-state index in [9.17, 15) is 23.1 Å². The summed E-state index contributed by atoms with van der Waals surface area (Å²) >= 11 is 0. The van der Waals surface area contributed by atoms with Crippen LogP contribution in [0.3, 0.4) is 0 Å². The Bertz CT molecular complexity index is 1090. The molecular weight excluding hydrogens is 408 g/mol. The summed E-state index contributed by atoms with van der Waals surface area (Å²) in [6, 6.07) is 8.09. The van der Waals surface area contributed by atoms with Crippen LogP contribution in [0.5, 0.6) is 5.75 Å². The maximum Gasteiger partial charge on any atom is 0.249 e. The number of rotatable bonds is 5. The zero-order chi connectivity index (χ0) is 21.5. The van der Waals surface area contributed by atoms with Crippen LogP contribution in [0.4, 0.5) is 0 Å². The second kappa shape index (κ2) is 7.69. The van der Waals surface area contributed by atoms with Crippen molar-refractivity contribution in [2.75, 3.05) is 18.9 Å². The predicted octanol–water partition coefficient (Wildman–Crippen LogP) is -0.617. The third-order valence-corrected chi connectivity index (χ3v) is 7.37. The van der Waals surface area contributed by atoms with Gasteiger partial charge in [-0.2, -0.15) is 4.31 Å². The fourth-order valence-corrected chi connectivity index (χ4v) is 5.70. The fraction of sp³-hybridized carbons (Fsp3) is 0.300. The third-order valence-electron chi connectivity index (χ3n) is 5.51. The van der Waals surface area contributed by atoms with Gasteiger partial charge in [0, 0.05) is 12.6 Å². The average molecular weight is 430 g/mol. The Morgan fingerprint density at radius 1 is 1.27 bits per heavy atom. The Morgan fingerprint density at radius 2 is 2.00 bits per heavy atom. The van der Waals surface area contributed by atoms with Crippen molar-refractivity contribution in [3.05, 3.63) is 60.8 Å². The molecule has 3 N–H and O–H groups in total. The zero-order valence-electron chi connectivity index (χ0n) is 16.1. The van der Waals surface area contributed by atoms with E-state index in [2.05, 4.69) is 0 Å². The van der Waals surface area contributed by atoms with Crippen molar-refractivity contribution in [3.63, 3.8) is 0 Å². The van der Waals surface area contributed by atoms with Crippen LogP contribution < -0.4 is 10.5 Å². The van der Waals surface area contributed by atoms with Gasteiger partial charge in [0.1, 0.15) is 16.7 Å². The molecule has 1 aromatic carbocycles. The van der Waals surface area contributed by atoms with Gasteiger partial charge in [0.2, 0.25) is 22.1 Å². The van der Waals surface area contributed by atoms with Crippen molar-refractivity contribution in [2.24, 2.45) is 0 Å². The number of ketones is 1. The van der Waals surface area contributed by atoms with Gasteiger partial charge in [0.25, 0.3) is 0 Å².